The Morgan fingerprint density at radius 3 is 2.43 bits per heavy atom. The molecule has 1 atom stereocenters. The lowest BCUT2D eigenvalue weighted by atomic mass is 9.97. The number of piperazine rings is 1. The Morgan fingerprint density at radius 2 is 1.79 bits per heavy atom. The number of fused-ring (bicyclic) bond motifs is 1. The third kappa shape index (κ3) is 7.44. The number of rotatable bonds is 8. The van der Waals surface area contributed by atoms with Crippen LogP contribution in [0.4, 0.5) is 30.4 Å². The van der Waals surface area contributed by atoms with Crippen molar-refractivity contribution in [2.45, 2.75) is 71.3 Å². The predicted molar refractivity (Wildman–Crippen MR) is 191 cm³/mol. The smallest absolute Gasteiger partial charge is 0.416 e. The molecule has 3 aromatic heterocycles. The summed E-state index contributed by atoms with van der Waals surface area (Å²) in [5, 5.41) is 23.6. The molecular weight excluding hydrogens is 719 g/mol. The number of alkyl halides is 3. The van der Waals surface area contributed by atoms with Gasteiger partial charge < -0.3 is 34.8 Å². The van der Waals surface area contributed by atoms with Crippen molar-refractivity contribution in [3.8, 4) is 5.75 Å². The van der Waals surface area contributed by atoms with Gasteiger partial charge in [0.25, 0.3) is 5.91 Å². The highest BCUT2D eigenvalue weighted by Gasteiger charge is 2.38. The quantitative estimate of drug-likeness (QED) is 0.236. The van der Waals surface area contributed by atoms with Crippen molar-refractivity contribution in [2.24, 2.45) is 0 Å². The number of hydrogen-bond donors (Lipinski definition) is 3. The van der Waals surface area contributed by atoms with Gasteiger partial charge in [-0.3, -0.25) is 14.4 Å². The molecule has 2 amide bonds. The zero-order chi connectivity index (χ0) is 38.4. The lowest BCUT2D eigenvalue weighted by Crippen LogP contribution is -2.50. The van der Waals surface area contributed by atoms with Crippen LogP contribution in [0.2, 0.25) is 5.02 Å². The molecule has 2 aliphatic heterocycles. The first-order valence-electron chi connectivity index (χ1n) is 17.1. The van der Waals surface area contributed by atoms with E-state index in [0.717, 1.165) is 24.6 Å². The number of halogens is 4. The fraction of sp³-hybridized carbons (Fsp3) is 0.457. The van der Waals surface area contributed by atoms with Gasteiger partial charge in [0.15, 0.2) is 22.6 Å². The zero-order valence-corrected chi connectivity index (χ0v) is 30.3. The topological polar surface area (TPSA) is 170 Å². The average Bonchev–Trinajstić information content (AvgIpc) is 3.62. The molecule has 2 aliphatic rings. The molecule has 0 spiro atoms. The Bertz CT molecular complexity index is 2130. The molecule has 0 bridgehead atoms. The van der Waals surface area contributed by atoms with Crippen LogP contribution in [-0.2, 0) is 23.9 Å². The van der Waals surface area contributed by atoms with Crippen molar-refractivity contribution in [3.05, 3.63) is 68.6 Å². The van der Waals surface area contributed by atoms with Crippen LogP contribution in [0.1, 0.15) is 61.1 Å². The predicted octanol–water partition coefficient (Wildman–Crippen LogP) is 4.17. The summed E-state index contributed by atoms with van der Waals surface area (Å²) in [5.41, 5.74) is -1.53. The first kappa shape index (κ1) is 37.7. The minimum atomic E-state index is -4.62. The minimum absolute atomic E-state index is 0.0173. The number of aromatic hydroxyl groups is 1. The lowest BCUT2D eigenvalue weighted by Gasteiger charge is -2.37. The summed E-state index contributed by atoms with van der Waals surface area (Å²) in [6, 6.07) is 2.33. The number of nitrogens with zero attached hydrogens (tertiary/aromatic N) is 8. The van der Waals surface area contributed by atoms with Crippen LogP contribution in [0.5, 0.6) is 5.75 Å². The summed E-state index contributed by atoms with van der Waals surface area (Å²) in [7, 11) is 0. The molecule has 0 saturated carbocycles. The van der Waals surface area contributed by atoms with Crippen LogP contribution in [0.25, 0.3) is 11.2 Å². The molecule has 0 aliphatic carbocycles. The van der Waals surface area contributed by atoms with Crippen LogP contribution < -0.4 is 20.5 Å². The number of benzene rings is 1. The Hall–Kier alpha value is -5.03. The summed E-state index contributed by atoms with van der Waals surface area (Å²) < 4.78 is 41.3. The third-order valence-electron chi connectivity index (χ3n) is 9.69. The monoisotopic (exact) mass is 757 g/mol. The van der Waals surface area contributed by atoms with Crippen molar-refractivity contribution in [3.63, 3.8) is 0 Å². The highest BCUT2D eigenvalue weighted by atomic mass is 35.5. The number of hydrogen-bond acceptors (Lipinski definition) is 11. The fourth-order valence-electron chi connectivity index (χ4n) is 7.02. The lowest BCUT2D eigenvalue weighted by molar-refractivity contribution is -0.137. The molecule has 4 aromatic rings. The van der Waals surface area contributed by atoms with Crippen LogP contribution in [-0.4, -0.2) is 95.8 Å². The molecular formula is C35H39ClF3N9O5. The normalized spacial score (nSPS) is 16.8. The maximum Gasteiger partial charge on any atom is 0.416 e. The SMILES string of the molecule is CCc1c(N2CCN(C(=O)c3ncnc(C)c3O)CC2)c(=O)c2nc(N3CCCC3C(C)(C)O)cnc2n1CC(=O)Nc1ccc(C(F)(F)F)cc1Cl. The van der Waals surface area contributed by atoms with E-state index in [1.807, 2.05) is 16.7 Å². The van der Waals surface area contributed by atoms with Crippen LogP contribution in [0, 0.1) is 6.92 Å². The molecule has 0 radical (unpaired) electrons. The van der Waals surface area contributed by atoms with E-state index in [9.17, 15) is 37.8 Å². The fourth-order valence-corrected chi connectivity index (χ4v) is 7.25. The van der Waals surface area contributed by atoms with Crippen LogP contribution >= 0.6 is 11.6 Å². The number of amides is 2. The number of aromatic nitrogens is 5. The molecule has 1 unspecified atom stereocenters. The minimum Gasteiger partial charge on any atom is -0.504 e. The molecule has 1 aromatic carbocycles. The molecule has 53 heavy (non-hydrogen) atoms. The maximum atomic E-state index is 14.5. The second kappa shape index (κ2) is 14.4. The molecule has 2 fully saturated rings. The van der Waals surface area contributed by atoms with E-state index in [-0.39, 0.29) is 89.9 Å². The molecule has 5 heterocycles. The van der Waals surface area contributed by atoms with E-state index >= 15 is 0 Å². The number of carbonyl (C=O) groups excluding carboxylic acids is 2. The van der Waals surface area contributed by atoms with Crippen molar-refractivity contribution in [1.82, 2.24) is 29.4 Å². The molecule has 18 heteroatoms. The highest BCUT2D eigenvalue weighted by Crippen LogP contribution is 2.35. The van der Waals surface area contributed by atoms with E-state index in [1.54, 1.807) is 25.3 Å². The van der Waals surface area contributed by atoms with Crippen molar-refractivity contribution in [1.29, 1.82) is 0 Å². The van der Waals surface area contributed by atoms with E-state index in [0.29, 0.717) is 24.5 Å². The van der Waals surface area contributed by atoms with E-state index in [1.165, 1.54) is 17.4 Å². The maximum absolute atomic E-state index is 14.5. The van der Waals surface area contributed by atoms with Gasteiger partial charge in [-0.1, -0.05) is 18.5 Å². The highest BCUT2D eigenvalue weighted by molar-refractivity contribution is 6.33. The van der Waals surface area contributed by atoms with Crippen LogP contribution in [0.3, 0.4) is 0 Å². The number of aliphatic hydroxyl groups is 1. The van der Waals surface area contributed by atoms with Gasteiger partial charge >= 0.3 is 6.18 Å². The van der Waals surface area contributed by atoms with E-state index in [2.05, 4.69) is 20.3 Å². The van der Waals surface area contributed by atoms with Gasteiger partial charge in [0.05, 0.1) is 39.8 Å². The van der Waals surface area contributed by atoms with E-state index < -0.39 is 34.6 Å². The molecule has 2 saturated heterocycles. The molecule has 6 rings (SSSR count). The summed E-state index contributed by atoms with van der Waals surface area (Å²) >= 11 is 6.13. The summed E-state index contributed by atoms with van der Waals surface area (Å²) in [6.07, 6.45) is -0.149. The second-order valence-corrected chi connectivity index (χ2v) is 14.1. The van der Waals surface area contributed by atoms with Gasteiger partial charge in [0.1, 0.15) is 24.4 Å². The second-order valence-electron chi connectivity index (χ2n) is 13.6. The number of nitrogens with one attached hydrogen (secondary N) is 1. The van der Waals surface area contributed by atoms with Gasteiger partial charge in [-0.2, -0.15) is 13.2 Å². The van der Waals surface area contributed by atoms with Gasteiger partial charge in [-0.15, -0.1) is 0 Å². The molecule has 14 nitrogen and oxygen atoms in total. The number of pyridine rings is 1. The van der Waals surface area contributed by atoms with Gasteiger partial charge in [-0.25, -0.2) is 19.9 Å². The Morgan fingerprint density at radius 1 is 1.08 bits per heavy atom. The largest absolute Gasteiger partial charge is 0.504 e. The van der Waals surface area contributed by atoms with Gasteiger partial charge in [-0.05, 0) is 58.2 Å². The Labute approximate surface area is 307 Å². The third-order valence-corrected chi connectivity index (χ3v) is 10.00. The number of anilines is 3. The van der Waals surface area contributed by atoms with Crippen molar-refractivity contribution < 1.29 is 33.0 Å². The Balaban J connectivity index is 1.38. The number of aryl methyl sites for hydroxylation is 1. The Kier molecular flexibility index (Phi) is 10.3. The first-order chi connectivity index (χ1) is 25.0. The first-order valence-corrected chi connectivity index (χ1v) is 17.5. The standard InChI is InChI=1S/C35H39ClF3N9O5/c1-5-23-29(45-11-13-46(14-12-45)33(52)28-30(50)19(2)41-18-42-28)31(51)27-32(40-16-25(44-27)47-10-6-7-24(47)34(3,4)53)48(23)17-26(49)43-22-9-8-20(15-21(22)36)35(37,38)39/h8-9,15-16,18,24,50,53H,5-7,10-14,17H2,1-4H3,(H,43,49). The average molecular weight is 758 g/mol. The molecule has 3 N–H and O–H groups in total. The van der Waals surface area contributed by atoms with Crippen molar-refractivity contribution in [2.75, 3.05) is 47.8 Å². The van der Waals surface area contributed by atoms with Crippen molar-refractivity contribution >= 4 is 51.8 Å². The van der Waals surface area contributed by atoms with Gasteiger partial charge in [0.2, 0.25) is 11.3 Å². The van der Waals surface area contributed by atoms with Gasteiger partial charge in [0, 0.05) is 38.4 Å². The zero-order valence-electron chi connectivity index (χ0n) is 29.5. The van der Waals surface area contributed by atoms with Crippen LogP contribution in [0.15, 0.2) is 35.5 Å². The summed E-state index contributed by atoms with van der Waals surface area (Å²) in [6.45, 7) is 7.79. The number of carbonyl (C=O) groups is 2. The van der Waals surface area contributed by atoms with E-state index in [4.69, 9.17) is 16.6 Å². The summed E-state index contributed by atoms with van der Waals surface area (Å²) in [4.78, 5) is 63.9. The molecule has 282 valence electrons. The summed E-state index contributed by atoms with van der Waals surface area (Å²) in [5.74, 6) is -1.04.